The number of nitrogens with one attached hydrogen (secondary N) is 2. The van der Waals surface area contributed by atoms with E-state index in [0.29, 0.717) is 12.1 Å². The van der Waals surface area contributed by atoms with Crippen LogP contribution in [0.5, 0.6) is 0 Å². The third-order valence-electron chi connectivity index (χ3n) is 5.71. The Kier molecular flexibility index (Phi) is 7.67. The summed E-state index contributed by atoms with van der Waals surface area (Å²) in [7, 11) is 0.0500. The van der Waals surface area contributed by atoms with E-state index in [0.717, 1.165) is 44.5 Å². The molecule has 168 valence electrons. The Balaban J connectivity index is 1.61. The molecule has 1 heterocycles. The van der Waals surface area contributed by atoms with Crippen LogP contribution >= 0.6 is 0 Å². The Bertz CT molecular complexity index is 834. The predicted molar refractivity (Wildman–Crippen MR) is 117 cm³/mol. The van der Waals surface area contributed by atoms with Crippen LogP contribution in [0.15, 0.2) is 23.1 Å². The lowest BCUT2D eigenvalue weighted by molar-refractivity contribution is -0.384. The van der Waals surface area contributed by atoms with Crippen molar-refractivity contribution in [2.24, 2.45) is 5.92 Å². The molecule has 0 amide bonds. The van der Waals surface area contributed by atoms with Gasteiger partial charge in [0.15, 0.2) is 0 Å². The fraction of sp³-hybridized carbons (Fsp3) is 0.700. The fourth-order valence-electron chi connectivity index (χ4n) is 3.78. The summed E-state index contributed by atoms with van der Waals surface area (Å²) < 4.78 is 27.5. The van der Waals surface area contributed by atoms with Gasteiger partial charge in [-0.3, -0.25) is 10.1 Å². The number of benzene rings is 1. The van der Waals surface area contributed by atoms with E-state index in [4.69, 9.17) is 0 Å². The van der Waals surface area contributed by atoms with Gasteiger partial charge in [-0.1, -0.05) is 0 Å². The molecule has 0 unspecified atom stereocenters. The van der Waals surface area contributed by atoms with Crippen LogP contribution in [0.4, 0.5) is 11.4 Å². The number of piperidine rings is 1. The summed E-state index contributed by atoms with van der Waals surface area (Å²) in [6.45, 7) is 4.19. The second-order valence-electron chi connectivity index (χ2n) is 8.65. The standard InChI is InChI=1S/C20H33N5O4S/c1-23(2)11-3-10-21-30(28,29)18-6-7-19(20(14-18)25(26)27)22-17-8-12-24(13-9-17)15-16-4-5-16/h6-7,14,16-17,21-22H,3-5,8-13,15H2,1-2H3. The Morgan fingerprint density at radius 1 is 1.20 bits per heavy atom. The number of hydrogen-bond acceptors (Lipinski definition) is 7. The van der Waals surface area contributed by atoms with E-state index in [9.17, 15) is 18.5 Å². The highest BCUT2D eigenvalue weighted by atomic mass is 32.2. The maximum atomic E-state index is 12.5. The third kappa shape index (κ3) is 6.63. The van der Waals surface area contributed by atoms with Gasteiger partial charge in [0.1, 0.15) is 5.69 Å². The normalized spacial score (nSPS) is 18.6. The van der Waals surface area contributed by atoms with Crippen LogP contribution in [0.1, 0.15) is 32.1 Å². The molecule has 30 heavy (non-hydrogen) atoms. The van der Waals surface area contributed by atoms with Gasteiger partial charge >= 0.3 is 0 Å². The zero-order valence-electron chi connectivity index (χ0n) is 17.8. The van der Waals surface area contributed by atoms with Crippen LogP contribution in [0.3, 0.4) is 0 Å². The van der Waals surface area contributed by atoms with Gasteiger partial charge in [-0.2, -0.15) is 0 Å². The van der Waals surface area contributed by atoms with Gasteiger partial charge in [-0.15, -0.1) is 0 Å². The first-order chi connectivity index (χ1) is 14.2. The first kappa shape index (κ1) is 22.9. The summed E-state index contributed by atoms with van der Waals surface area (Å²) >= 11 is 0. The van der Waals surface area contributed by atoms with Crippen molar-refractivity contribution >= 4 is 21.4 Å². The van der Waals surface area contributed by atoms with Gasteiger partial charge in [0.2, 0.25) is 10.0 Å². The van der Waals surface area contributed by atoms with Crippen LogP contribution in [0.2, 0.25) is 0 Å². The quantitative estimate of drug-likeness (QED) is 0.309. The van der Waals surface area contributed by atoms with Crippen molar-refractivity contribution in [3.8, 4) is 0 Å². The minimum atomic E-state index is -3.78. The monoisotopic (exact) mass is 439 g/mol. The van der Waals surface area contributed by atoms with E-state index >= 15 is 0 Å². The molecule has 1 aromatic carbocycles. The van der Waals surface area contributed by atoms with Crippen molar-refractivity contribution in [1.29, 1.82) is 0 Å². The number of likely N-dealkylation sites (tertiary alicyclic amines) is 1. The number of sulfonamides is 1. The number of hydrogen-bond donors (Lipinski definition) is 2. The number of nitro groups is 1. The minimum absolute atomic E-state index is 0.0798. The van der Waals surface area contributed by atoms with Crippen LogP contribution in [0, 0.1) is 16.0 Å². The van der Waals surface area contributed by atoms with Gasteiger partial charge < -0.3 is 15.1 Å². The number of nitrogens with zero attached hydrogens (tertiary/aromatic N) is 3. The third-order valence-corrected chi connectivity index (χ3v) is 7.17. The fourth-order valence-corrected chi connectivity index (χ4v) is 4.88. The van der Waals surface area contributed by atoms with Crippen LogP contribution in [0.25, 0.3) is 0 Å². The molecule has 1 aliphatic carbocycles. The summed E-state index contributed by atoms with van der Waals surface area (Å²) in [4.78, 5) is 15.4. The lowest BCUT2D eigenvalue weighted by Gasteiger charge is -2.32. The molecule has 2 N–H and O–H groups in total. The number of anilines is 1. The second kappa shape index (κ2) is 10.0. The molecule has 1 saturated carbocycles. The summed E-state index contributed by atoms with van der Waals surface area (Å²) in [5, 5.41) is 14.9. The highest BCUT2D eigenvalue weighted by molar-refractivity contribution is 7.89. The molecule has 2 fully saturated rings. The first-order valence-electron chi connectivity index (χ1n) is 10.7. The van der Waals surface area contributed by atoms with Crippen LogP contribution in [-0.2, 0) is 10.0 Å². The summed E-state index contributed by atoms with van der Waals surface area (Å²) in [6.07, 6.45) is 5.19. The van der Waals surface area contributed by atoms with E-state index in [2.05, 4.69) is 14.9 Å². The molecule has 0 spiro atoms. The smallest absolute Gasteiger partial charge is 0.293 e. The Labute approximate surface area is 179 Å². The molecule has 0 radical (unpaired) electrons. The SMILES string of the molecule is CN(C)CCCNS(=O)(=O)c1ccc(NC2CCN(CC3CC3)CC2)c([N+](=O)[O-])c1. The molecule has 0 atom stereocenters. The number of nitro benzene ring substituents is 1. The molecular formula is C20H33N5O4S. The van der Waals surface area contributed by atoms with Crippen LogP contribution in [-0.4, -0.2) is 76.0 Å². The Morgan fingerprint density at radius 2 is 1.90 bits per heavy atom. The summed E-state index contributed by atoms with van der Waals surface area (Å²) in [5.41, 5.74) is 0.179. The summed E-state index contributed by atoms with van der Waals surface area (Å²) in [5.74, 6) is 0.863. The molecule has 3 rings (SSSR count). The van der Waals surface area contributed by atoms with E-state index in [1.165, 1.54) is 31.5 Å². The Morgan fingerprint density at radius 3 is 2.50 bits per heavy atom. The average Bonchev–Trinajstić information content (AvgIpc) is 3.51. The molecule has 1 saturated heterocycles. The van der Waals surface area contributed by atoms with Crippen molar-refractivity contribution in [2.75, 3.05) is 52.1 Å². The van der Waals surface area contributed by atoms with Crippen molar-refractivity contribution in [1.82, 2.24) is 14.5 Å². The van der Waals surface area contributed by atoms with Crippen molar-refractivity contribution in [3.63, 3.8) is 0 Å². The van der Waals surface area contributed by atoms with Crippen molar-refractivity contribution < 1.29 is 13.3 Å². The molecular weight excluding hydrogens is 406 g/mol. The van der Waals surface area contributed by atoms with Gasteiger partial charge in [0.25, 0.3) is 5.69 Å². The van der Waals surface area contributed by atoms with Crippen molar-refractivity contribution in [3.05, 3.63) is 28.3 Å². The molecule has 1 aliphatic heterocycles. The van der Waals surface area contributed by atoms with E-state index in [-0.39, 0.29) is 23.2 Å². The zero-order chi connectivity index (χ0) is 21.7. The van der Waals surface area contributed by atoms with Gasteiger partial charge in [-0.05, 0) is 70.8 Å². The lowest BCUT2D eigenvalue weighted by atomic mass is 10.0. The number of rotatable bonds is 11. The lowest BCUT2D eigenvalue weighted by Crippen LogP contribution is -2.40. The van der Waals surface area contributed by atoms with Crippen LogP contribution < -0.4 is 10.0 Å². The molecule has 10 heteroatoms. The molecule has 0 bridgehead atoms. The molecule has 2 aliphatic rings. The maximum absolute atomic E-state index is 12.5. The molecule has 1 aromatic rings. The van der Waals surface area contributed by atoms with Gasteiger partial charge in [0, 0.05) is 38.3 Å². The van der Waals surface area contributed by atoms with Gasteiger partial charge in [-0.25, -0.2) is 13.1 Å². The van der Waals surface area contributed by atoms with E-state index in [1.54, 1.807) is 0 Å². The topological polar surface area (TPSA) is 108 Å². The van der Waals surface area contributed by atoms with E-state index in [1.807, 2.05) is 19.0 Å². The molecule has 9 nitrogen and oxygen atoms in total. The maximum Gasteiger partial charge on any atom is 0.293 e. The molecule has 0 aromatic heterocycles. The van der Waals surface area contributed by atoms with Gasteiger partial charge in [0.05, 0.1) is 9.82 Å². The largest absolute Gasteiger partial charge is 0.377 e. The van der Waals surface area contributed by atoms with Crippen molar-refractivity contribution in [2.45, 2.75) is 43.0 Å². The average molecular weight is 440 g/mol. The van der Waals surface area contributed by atoms with E-state index < -0.39 is 14.9 Å². The predicted octanol–water partition coefficient (Wildman–Crippen LogP) is 2.11. The zero-order valence-corrected chi connectivity index (χ0v) is 18.7. The minimum Gasteiger partial charge on any atom is -0.377 e. The second-order valence-corrected chi connectivity index (χ2v) is 10.4. The Hall–Kier alpha value is -1.75. The highest BCUT2D eigenvalue weighted by Crippen LogP contribution is 2.32. The first-order valence-corrected chi connectivity index (χ1v) is 12.1. The summed E-state index contributed by atoms with van der Waals surface area (Å²) in [6, 6.07) is 4.26. The highest BCUT2D eigenvalue weighted by Gasteiger charge is 2.28.